The topological polar surface area (TPSA) is 12.5 Å². The van der Waals surface area contributed by atoms with E-state index in [9.17, 15) is 0 Å². The van der Waals surface area contributed by atoms with E-state index < -0.39 is 0 Å². The van der Waals surface area contributed by atoms with E-state index in [2.05, 4.69) is 122 Å². The van der Waals surface area contributed by atoms with E-state index in [0.29, 0.717) is 6.61 Å². The molecule has 0 saturated heterocycles. The molecule has 0 atom stereocenters. The predicted octanol–water partition coefficient (Wildman–Crippen LogP) is 9.67. The molecule has 0 aromatic heterocycles. The molecule has 0 unspecified atom stereocenters. The zero-order valence-corrected chi connectivity index (χ0v) is 22.9. The highest BCUT2D eigenvalue weighted by molar-refractivity contribution is 6.01. The van der Waals surface area contributed by atoms with Crippen molar-refractivity contribution in [3.05, 3.63) is 132 Å². The van der Waals surface area contributed by atoms with Gasteiger partial charge < -0.3 is 9.64 Å². The van der Waals surface area contributed by atoms with Crippen LogP contribution in [0.5, 0.6) is 5.75 Å². The maximum absolute atomic E-state index is 6.41. The van der Waals surface area contributed by atoms with Crippen molar-refractivity contribution in [3.63, 3.8) is 0 Å². The second-order valence-electron chi connectivity index (χ2n) is 11.2. The number of ether oxygens (including phenoxy) is 1. The van der Waals surface area contributed by atoms with Crippen LogP contribution in [0.2, 0.25) is 0 Å². The first-order valence-corrected chi connectivity index (χ1v) is 14.0. The second kappa shape index (κ2) is 9.47. The van der Waals surface area contributed by atoms with Crippen molar-refractivity contribution in [1.82, 2.24) is 0 Å². The number of nitrogens with zero attached hydrogens (tertiary/aromatic N) is 1. The number of rotatable bonds is 4. The molecule has 0 spiro atoms. The molecule has 0 N–H and O–H groups in total. The first-order chi connectivity index (χ1) is 19.6. The lowest BCUT2D eigenvalue weighted by molar-refractivity contribution is 0.389. The van der Waals surface area contributed by atoms with Gasteiger partial charge in [0.15, 0.2) is 5.75 Å². The maximum Gasteiger partial charge on any atom is 0.151 e. The molecular weight excluding hydrogens is 486 g/mol. The molecule has 4 aromatic rings. The Hall–Kier alpha value is -4.74. The monoisotopic (exact) mass is 517 g/mol. The van der Waals surface area contributed by atoms with Crippen LogP contribution in [0.4, 0.5) is 17.1 Å². The van der Waals surface area contributed by atoms with Gasteiger partial charge >= 0.3 is 0 Å². The molecule has 1 aliphatic heterocycles. The summed E-state index contributed by atoms with van der Waals surface area (Å²) in [6, 6.07) is 28.6. The number of benzene rings is 4. The minimum absolute atomic E-state index is 0.00704. The molecule has 40 heavy (non-hydrogen) atoms. The zero-order chi connectivity index (χ0) is 27.3. The number of anilines is 3. The van der Waals surface area contributed by atoms with Gasteiger partial charge in [-0.15, -0.1) is 6.42 Å². The Morgan fingerprint density at radius 2 is 1.75 bits per heavy atom. The number of para-hydroxylation sites is 1. The van der Waals surface area contributed by atoms with Crippen LogP contribution < -0.4 is 9.64 Å². The fraction of sp³-hybridized carbons (Fsp3) is 0.158. The summed E-state index contributed by atoms with van der Waals surface area (Å²) in [6.07, 6.45) is 18.0. The van der Waals surface area contributed by atoms with Gasteiger partial charge in [-0.2, -0.15) is 0 Å². The summed E-state index contributed by atoms with van der Waals surface area (Å²) in [4.78, 5) is 2.38. The van der Waals surface area contributed by atoms with Crippen LogP contribution in [-0.4, -0.2) is 6.61 Å². The van der Waals surface area contributed by atoms with E-state index >= 15 is 0 Å². The minimum atomic E-state index is 0.00704. The van der Waals surface area contributed by atoms with Crippen molar-refractivity contribution < 1.29 is 4.74 Å². The molecule has 2 heteroatoms. The van der Waals surface area contributed by atoms with E-state index in [1.54, 1.807) is 6.08 Å². The molecule has 7 rings (SSSR count). The molecule has 2 nitrogen and oxygen atoms in total. The van der Waals surface area contributed by atoms with Crippen molar-refractivity contribution in [2.45, 2.75) is 32.1 Å². The Balaban J connectivity index is 1.46. The SMILES string of the molecule is C#C/C=C\C=C1/COc2c1cccc2N(c1ccc2c(c1)C1=C(C=CCC1)C2(C)C)c1cccc2ccccc12. The molecule has 1 heterocycles. The maximum atomic E-state index is 6.41. The summed E-state index contributed by atoms with van der Waals surface area (Å²) < 4.78 is 6.41. The van der Waals surface area contributed by atoms with Crippen LogP contribution in [-0.2, 0) is 5.41 Å². The average molecular weight is 518 g/mol. The fourth-order valence-corrected chi connectivity index (χ4v) is 6.64. The summed E-state index contributed by atoms with van der Waals surface area (Å²) >= 11 is 0. The Bertz CT molecular complexity index is 1830. The van der Waals surface area contributed by atoms with Gasteiger partial charge in [-0.05, 0) is 70.8 Å². The zero-order valence-electron chi connectivity index (χ0n) is 22.9. The number of hydrogen-bond acceptors (Lipinski definition) is 2. The van der Waals surface area contributed by atoms with Gasteiger partial charge in [0, 0.05) is 27.6 Å². The highest BCUT2D eigenvalue weighted by Crippen LogP contribution is 2.53. The lowest BCUT2D eigenvalue weighted by Gasteiger charge is -2.29. The van der Waals surface area contributed by atoms with Crippen LogP contribution in [0.25, 0.3) is 21.9 Å². The standard InChI is InChI=1S/C38H31NO/c1-4-5-6-14-27-25-40-37-30(27)18-12-21-36(37)39(35-20-11-15-26-13-7-8-16-29(26)35)28-22-23-34-32(24-28)31-17-9-10-19-33(31)38(34,2)3/h1,5-8,10-16,18-24H,9,17,25H2,2-3H3/b6-5-,27-14+. The average Bonchev–Trinajstić information content (AvgIpc) is 3.50. The summed E-state index contributed by atoms with van der Waals surface area (Å²) in [5.41, 5.74) is 11.3. The first kappa shape index (κ1) is 24.3. The minimum Gasteiger partial charge on any atom is -0.486 e. The van der Waals surface area contributed by atoms with Crippen molar-refractivity contribution in [2.24, 2.45) is 0 Å². The fourth-order valence-electron chi connectivity index (χ4n) is 6.64. The van der Waals surface area contributed by atoms with E-state index in [-0.39, 0.29) is 5.41 Å². The molecule has 0 saturated carbocycles. The Morgan fingerprint density at radius 1 is 0.925 bits per heavy atom. The van der Waals surface area contributed by atoms with E-state index in [1.165, 1.54) is 33.0 Å². The largest absolute Gasteiger partial charge is 0.486 e. The van der Waals surface area contributed by atoms with Crippen LogP contribution >= 0.6 is 0 Å². The van der Waals surface area contributed by atoms with Crippen molar-refractivity contribution >= 4 is 39.0 Å². The van der Waals surface area contributed by atoms with Gasteiger partial charge in [0.2, 0.25) is 0 Å². The molecule has 4 aromatic carbocycles. The third-order valence-corrected chi connectivity index (χ3v) is 8.55. The summed E-state index contributed by atoms with van der Waals surface area (Å²) in [6.45, 7) is 5.23. The highest BCUT2D eigenvalue weighted by Gasteiger charge is 2.37. The van der Waals surface area contributed by atoms with E-state index in [4.69, 9.17) is 11.2 Å². The first-order valence-electron chi connectivity index (χ1n) is 14.0. The number of fused-ring (bicyclic) bond motifs is 4. The summed E-state index contributed by atoms with van der Waals surface area (Å²) in [7, 11) is 0. The van der Waals surface area contributed by atoms with Gasteiger partial charge in [0.05, 0.1) is 11.4 Å². The lowest BCUT2D eigenvalue weighted by Crippen LogP contribution is -2.17. The molecule has 0 radical (unpaired) electrons. The Labute approximate surface area is 236 Å². The molecule has 194 valence electrons. The van der Waals surface area contributed by atoms with E-state index in [1.807, 2.05) is 6.08 Å². The third kappa shape index (κ3) is 3.74. The molecule has 3 aliphatic rings. The Morgan fingerprint density at radius 3 is 2.65 bits per heavy atom. The molecule has 2 aliphatic carbocycles. The van der Waals surface area contributed by atoms with Gasteiger partial charge in [-0.3, -0.25) is 0 Å². The number of hydrogen-bond donors (Lipinski definition) is 0. The molecule has 0 amide bonds. The predicted molar refractivity (Wildman–Crippen MR) is 168 cm³/mol. The van der Waals surface area contributed by atoms with Gasteiger partial charge in [-0.25, -0.2) is 0 Å². The smallest absolute Gasteiger partial charge is 0.151 e. The van der Waals surface area contributed by atoms with Crippen LogP contribution in [0.15, 0.2) is 115 Å². The van der Waals surface area contributed by atoms with Crippen LogP contribution in [0.1, 0.15) is 43.4 Å². The third-order valence-electron chi connectivity index (χ3n) is 8.55. The summed E-state index contributed by atoms with van der Waals surface area (Å²) in [5, 5.41) is 2.41. The number of allylic oxidation sites excluding steroid dienone is 7. The molecule has 0 fully saturated rings. The second-order valence-corrected chi connectivity index (χ2v) is 11.2. The van der Waals surface area contributed by atoms with E-state index in [0.717, 1.165) is 46.8 Å². The summed E-state index contributed by atoms with van der Waals surface area (Å²) in [5.74, 6) is 3.47. The molecular formula is C38H31NO. The van der Waals surface area contributed by atoms with Crippen molar-refractivity contribution in [2.75, 3.05) is 11.5 Å². The number of terminal acetylenes is 1. The lowest BCUT2D eigenvalue weighted by atomic mass is 9.80. The van der Waals surface area contributed by atoms with Gasteiger partial charge in [0.1, 0.15) is 6.61 Å². The quantitative estimate of drug-likeness (QED) is 0.250. The highest BCUT2D eigenvalue weighted by atomic mass is 16.5. The van der Waals surface area contributed by atoms with Crippen molar-refractivity contribution in [1.29, 1.82) is 0 Å². The molecule has 0 bridgehead atoms. The van der Waals surface area contributed by atoms with Crippen LogP contribution in [0, 0.1) is 12.3 Å². The normalized spacial score (nSPS) is 17.6. The van der Waals surface area contributed by atoms with Crippen LogP contribution in [0.3, 0.4) is 0 Å². The van der Waals surface area contributed by atoms with Crippen molar-refractivity contribution in [3.8, 4) is 18.1 Å². The van der Waals surface area contributed by atoms with Gasteiger partial charge in [-0.1, -0.05) is 98.7 Å². The Kier molecular flexibility index (Phi) is 5.76. The van der Waals surface area contributed by atoms with Gasteiger partial charge in [0.25, 0.3) is 0 Å².